The number of carbonyl (C=O) groups is 2. The number of carbonyl (C=O) groups excluding carboxylic acids is 2. The van der Waals surface area contributed by atoms with Crippen molar-refractivity contribution in [3.05, 3.63) is 47.5 Å². The van der Waals surface area contributed by atoms with Gasteiger partial charge in [0, 0.05) is 11.1 Å². The minimum atomic E-state index is 0.229. The molecule has 0 radical (unpaired) electrons. The largest absolute Gasteiger partial charge is 0.493 e. The number of hydrogen-bond acceptors (Lipinski definition) is 6. The SMILES string of the molecule is CC.CCC.COc1ccc(C=O)cc1OCCOc1cc(C=O)ccc1OC. The second-order valence-electron chi connectivity index (χ2n) is 5.46. The molecule has 0 aliphatic heterocycles. The van der Waals surface area contributed by atoms with Crippen molar-refractivity contribution in [3.63, 3.8) is 0 Å². The highest BCUT2D eigenvalue weighted by Gasteiger charge is 2.08. The zero-order valence-electron chi connectivity index (χ0n) is 18.2. The van der Waals surface area contributed by atoms with Gasteiger partial charge in [0.1, 0.15) is 25.8 Å². The summed E-state index contributed by atoms with van der Waals surface area (Å²) in [4.78, 5) is 21.7. The number of rotatable bonds is 9. The lowest BCUT2D eigenvalue weighted by Crippen LogP contribution is -2.10. The fraction of sp³-hybridized carbons (Fsp3) is 0.391. The van der Waals surface area contributed by atoms with Crippen LogP contribution in [0.5, 0.6) is 23.0 Å². The average Bonchev–Trinajstić information content (AvgIpc) is 2.78. The van der Waals surface area contributed by atoms with Crippen molar-refractivity contribution < 1.29 is 28.5 Å². The molecule has 0 aliphatic rings. The van der Waals surface area contributed by atoms with E-state index in [0.29, 0.717) is 34.1 Å². The molecule has 0 aromatic heterocycles. The van der Waals surface area contributed by atoms with Gasteiger partial charge in [-0.05, 0) is 36.4 Å². The van der Waals surface area contributed by atoms with E-state index in [2.05, 4.69) is 13.8 Å². The van der Waals surface area contributed by atoms with E-state index in [0.717, 1.165) is 12.6 Å². The molecular formula is C23H32O6. The van der Waals surface area contributed by atoms with Crippen LogP contribution in [0.2, 0.25) is 0 Å². The Balaban J connectivity index is 0.00000143. The summed E-state index contributed by atoms with van der Waals surface area (Å²) in [6.45, 7) is 8.71. The predicted octanol–water partition coefficient (Wildman–Crippen LogP) is 5.23. The number of benzene rings is 2. The van der Waals surface area contributed by atoms with Crippen LogP contribution in [0.4, 0.5) is 0 Å². The molecule has 160 valence electrons. The molecule has 0 unspecified atom stereocenters. The molecule has 0 spiro atoms. The molecule has 0 bridgehead atoms. The summed E-state index contributed by atoms with van der Waals surface area (Å²) in [5.41, 5.74) is 0.985. The molecule has 2 aromatic carbocycles. The summed E-state index contributed by atoms with van der Waals surface area (Å²) < 4.78 is 21.6. The van der Waals surface area contributed by atoms with E-state index in [9.17, 15) is 9.59 Å². The van der Waals surface area contributed by atoms with Gasteiger partial charge in [-0.25, -0.2) is 0 Å². The van der Waals surface area contributed by atoms with E-state index in [1.165, 1.54) is 20.6 Å². The third-order valence-corrected chi connectivity index (χ3v) is 3.25. The Labute approximate surface area is 173 Å². The third kappa shape index (κ3) is 9.14. The van der Waals surface area contributed by atoms with E-state index < -0.39 is 0 Å². The molecular weight excluding hydrogens is 372 g/mol. The maximum absolute atomic E-state index is 10.8. The van der Waals surface area contributed by atoms with Crippen LogP contribution >= 0.6 is 0 Å². The predicted molar refractivity (Wildman–Crippen MR) is 115 cm³/mol. The fourth-order valence-electron chi connectivity index (χ4n) is 2.06. The first-order valence-electron chi connectivity index (χ1n) is 9.65. The van der Waals surface area contributed by atoms with Crippen LogP contribution in [0, 0.1) is 0 Å². The molecule has 0 saturated heterocycles. The Morgan fingerprint density at radius 1 is 0.690 bits per heavy atom. The van der Waals surface area contributed by atoms with Gasteiger partial charge in [-0.2, -0.15) is 0 Å². The summed E-state index contributed by atoms with van der Waals surface area (Å²) in [7, 11) is 3.05. The lowest BCUT2D eigenvalue weighted by atomic mass is 10.2. The molecule has 6 heteroatoms. The Morgan fingerprint density at radius 2 is 1.03 bits per heavy atom. The Bertz CT molecular complexity index is 666. The smallest absolute Gasteiger partial charge is 0.162 e. The maximum Gasteiger partial charge on any atom is 0.162 e. The van der Waals surface area contributed by atoms with Crippen LogP contribution in [0.15, 0.2) is 36.4 Å². The van der Waals surface area contributed by atoms with E-state index in [4.69, 9.17) is 18.9 Å². The number of ether oxygens (including phenoxy) is 4. The second-order valence-corrected chi connectivity index (χ2v) is 5.46. The molecule has 6 nitrogen and oxygen atoms in total. The van der Waals surface area contributed by atoms with Crippen molar-refractivity contribution in [3.8, 4) is 23.0 Å². The topological polar surface area (TPSA) is 71.1 Å². The van der Waals surface area contributed by atoms with Crippen molar-refractivity contribution in [2.75, 3.05) is 27.4 Å². The van der Waals surface area contributed by atoms with Crippen molar-refractivity contribution in [2.24, 2.45) is 0 Å². The normalized spacial score (nSPS) is 9.03. The Hall–Kier alpha value is -3.02. The number of aldehydes is 2. The van der Waals surface area contributed by atoms with Crippen molar-refractivity contribution in [1.82, 2.24) is 0 Å². The van der Waals surface area contributed by atoms with Gasteiger partial charge in [-0.15, -0.1) is 0 Å². The van der Waals surface area contributed by atoms with Gasteiger partial charge in [0.05, 0.1) is 14.2 Å². The van der Waals surface area contributed by atoms with Gasteiger partial charge >= 0.3 is 0 Å². The van der Waals surface area contributed by atoms with Gasteiger partial charge in [-0.3, -0.25) is 9.59 Å². The van der Waals surface area contributed by atoms with Crippen LogP contribution in [-0.4, -0.2) is 40.0 Å². The first kappa shape index (κ1) is 26.0. The van der Waals surface area contributed by atoms with Gasteiger partial charge in [0.2, 0.25) is 0 Å². The lowest BCUT2D eigenvalue weighted by molar-refractivity contribution is 0.111. The van der Waals surface area contributed by atoms with Crippen molar-refractivity contribution >= 4 is 12.6 Å². The molecule has 0 aliphatic carbocycles. The van der Waals surface area contributed by atoms with E-state index in [1.54, 1.807) is 36.4 Å². The summed E-state index contributed by atoms with van der Waals surface area (Å²) in [6.07, 6.45) is 2.72. The van der Waals surface area contributed by atoms with Crippen LogP contribution in [0.25, 0.3) is 0 Å². The van der Waals surface area contributed by atoms with Gasteiger partial charge < -0.3 is 18.9 Å². The Morgan fingerprint density at radius 3 is 1.31 bits per heavy atom. The molecule has 0 atom stereocenters. The molecule has 0 heterocycles. The molecule has 2 rings (SSSR count). The molecule has 0 fully saturated rings. The Kier molecular flexibility index (Phi) is 14.3. The van der Waals surface area contributed by atoms with Gasteiger partial charge in [0.15, 0.2) is 23.0 Å². The van der Waals surface area contributed by atoms with Crippen LogP contribution in [-0.2, 0) is 0 Å². The molecule has 0 amide bonds. The number of hydrogen-bond donors (Lipinski definition) is 0. The van der Waals surface area contributed by atoms with Crippen molar-refractivity contribution in [1.29, 1.82) is 0 Å². The van der Waals surface area contributed by atoms with E-state index >= 15 is 0 Å². The average molecular weight is 405 g/mol. The molecule has 2 aromatic rings. The highest BCUT2D eigenvalue weighted by atomic mass is 16.5. The maximum atomic E-state index is 10.8. The van der Waals surface area contributed by atoms with Crippen LogP contribution in [0.1, 0.15) is 54.8 Å². The summed E-state index contributed by atoms with van der Waals surface area (Å²) in [5.74, 6) is 1.97. The quantitative estimate of drug-likeness (QED) is 0.421. The second kappa shape index (κ2) is 16.0. The molecule has 0 N–H and O–H groups in total. The summed E-state index contributed by atoms with van der Waals surface area (Å²) in [6, 6.07) is 9.81. The van der Waals surface area contributed by atoms with E-state index in [1.807, 2.05) is 13.8 Å². The van der Waals surface area contributed by atoms with Crippen LogP contribution < -0.4 is 18.9 Å². The minimum Gasteiger partial charge on any atom is -0.493 e. The number of methoxy groups -OCH3 is 2. The fourth-order valence-corrected chi connectivity index (χ4v) is 2.06. The van der Waals surface area contributed by atoms with Crippen LogP contribution in [0.3, 0.4) is 0 Å². The monoisotopic (exact) mass is 404 g/mol. The highest BCUT2D eigenvalue weighted by Crippen LogP contribution is 2.29. The van der Waals surface area contributed by atoms with Gasteiger partial charge in [0.25, 0.3) is 0 Å². The zero-order valence-corrected chi connectivity index (χ0v) is 18.2. The zero-order chi connectivity index (χ0) is 22.1. The third-order valence-electron chi connectivity index (χ3n) is 3.25. The first-order valence-corrected chi connectivity index (χ1v) is 9.65. The summed E-state index contributed by atoms with van der Waals surface area (Å²) in [5, 5.41) is 0. The summed E-state index contributed by atoms with van der Waals surface area (Å²) >= 11 is 0. The molecule has 0 saturated carbocycles. The highest BCUT2D eigenvalue weighted by molar-refractivity contribution is 5.77. The molecule has 29 heavy (non-hydrogen) atoms. The van der Waals surface area contributed by atoms with Crippen molar-refractivity contribution in [2.45, 2.75) is 34.1 Å². The standard InChI is InChI=1S/C18H18O6.C3H8.C2H6/c1-21-15-5-3-13(11-19)9-17(15)23-7-8-24-18-10-14(12-20)4-6-16(18)22-2;1-3-2;1-2/h3-6,9-12H,7-8H2,1-2H3;3H2,1-2H3;1-2H3. The first-order chi connectivity index (χ1) is 14.1. The minimum absolute atomic E-state index is 0.229. The van der Waals surface area contributed by atoms with Gasteiger partial charge in [-0.1, -0.05) is 34.1 Å². The van der Waals surface area contributed by atoms with E-state index in [-0.39, 0.29) is 13.2 Å². The lowest BCUT2D eigenvalue weighted by Gasteiger charge is -2.13.